The fourth-order valence-corrected chi connectivity index (χ4v) is 3.81. The maximum absolute atomic E-state index is 12.9. The van der Waals surface area contributed by atoms with Crippen LogP contribution < -0.4 is 11.2 Å². The zero-order valence-electron chi connectivity index (χ0n) is 15.2. The smallest absolute Gasteiger partial charge is 0.328 e. The summed E-state index contributed by atoms with van der Waals surface area (Å²) in [6, 6.07) is 12.2. The molecular weight excluding hydrogens is 344 g/mol. The van der Waals surface area contributed by atoms with Crippen molar-refractivity contribution in [2.45, 2.75) is 37.9 Å². The number of aromatic amines is 1. The predicted octanol–water partition coefficient (Wildman–Crippen LogP) is 0.975. The van der Waals surface area contributed by atoms with Crippen LogP contribution in [0.1, 0.15) is 30.9 Å². The zero-order chi connectivity index (χ0) is 18.8. The number of carbonyl (C=O) groups is 1. The second kappa shape index (κ2) is 7.52. The van der Waals surface area contributed by atoms with Crippen molar-refractivity contribution in [3.63, 3.8) is 0 Å². The van der Waals surface area contributed by atoms with Gasteiger partial charge in [0.05, 0.1) is 6.04 Å². The van der Waals surface area contributed by atoms with Gasteiger partial charge in [0.2, 0.25) is 5.91 Å². The van der Waals surface area contributed by atoms with Gasteiger partial charge in [0, 0.05) is 50.9 Å². The van der Waals surface area contributed by atoms with Crippen LogP contribution in [0.2, 0.25) is 0 Å². The molecule has 0 bridgehead atoms. The molecule has 7 nitrogen and oxygen atoms in total. The van der Waals surface area contributed by atoms with Gasteiger partial charge in [0.25, 0.3) is 5.56 Å². The van der Waals surface area contributed by atoms with Gasteiger partial charge in [-0.15, -0.1) is 0 Å². The number of amides is 1. The van der Waals surface area contributed by atoms with E-state index in [1.165, 1.54) is 29.7 Å². The Morgan fingerprint density at radius 1 is 1.07 bits per heavy atom. The number of benzene rings is 1. The molecule has 1 saturated heterocycles. The van der Waals surface area contributed by atoms with E-state index in [1.807, 2.05) is 23.1 Å². The minimum absolute atomic E-state index is 0.0393. The monoisotopic (exact) mass is 368 g/mol. The van der Waals surface area contributed by atoms with Crippen molar-refractivity contribution in [1.29, 1.82) is 0 Å². The van der Waals surface area contributed by atoms with Crippen LogP contribution in [0.5, 0.6) is 0 Å². The second-order valence-electron chi connectivity index (χ2n) is 7.29. The summed E-state index contributed by atoms with van der Waals surface area (Å²) in [5, 5.41) is 0. The van der Waals surface area contributed by atoms with E-state index in [1.54, 1.807) is 0 Å². The van der Waals surface area contributed by atoms with Crippen LogP contribution in [-0.4, -0.2) is 50.9 Å². The molecule has 1 aliphatic heterocycles. The molecular formula is C20H24N4O3. The number of aryl methyl sites for hydroxylation is 1. The van der Waals surface area contributed by atoms with Crippen molar-refractivity contribution in [2.75, 3.05) is 19.6 Å². The van der Waals surface area contributed by atoms with Crippen LogP contribution in [-0.2, 0) is 11.3 Å². The van der Waals surface area contributed by atoms with E-state index in [4.69, 9.17) is 0 Å². The normalized spacial score (nSPS) is 20.6. The molecule has 1 aliphatic carbocycles. The van der Waals surface area contributed by atoms with Crippen LogP contribution in [0.15, 0.2) is 52.2 Å². The second-order valence-corrected chi connectivity index (χ2v) is 7.29. The number of piperazine rings is 1. The molecule has 1 amide bonds. The molecule has 0 spiro atoms. The fraction of sp³-hybridized carbons (Fsp3) is 0.450. The third kappa shape index (κ3) is 4.03. The lowest BCUT2D eigenvalue weighted by Gasteiger charge is -2.42. The summed E-state index contributed by atoms with van der Waals surface area (Å²) >= 11 is 0. The third-order valence-electron chi connectivity index (χ3n) is 5.44. The standard InChI is InChI=1S/C20H24N4O3/c25-18-8-10-22(20(27)21-18)11-9-19(26)24-13-12-23(16-6-7-16)14-17(24)15-4-2-1-3-5-15/h1-5,8,10,16-17H,6-7,9,11-14H2,(H,21,25,27)/t17-/m1/s1. The summed E-state index contributed by atoms with van der Waals surface area (Å²) in [6.45, 7) is 2.73. The van der Waals surface area contributed by atoms with E-state index in [-0.39, 0.29) is 24.9 Å². The molecule has 1 aromatic heterocycles. The molecule has 1 aromatic carbocycles. The Labute approximate surface area is 157 Å². The predicted molar refractivity (Wildman–Crippen MR) is 101 cm³/mol. The Hall–Kier alpha value is -2.67. The quantitative estimate of drug-likeness (QED) is 0.853. The summed E-state index contributed by atoms with van der Waals surface area (Å²) in [7, 11) is 0. The number of hydrogen-bond donors (Lipinski definition) is 1. The molecule has 1 N–H and O–H groups in total. The molecule has 2 heterocycles. The van der Waals surface area contributed by atoms with Gasteiger partial charge in [-0.05, 0) is 18.4 Å². The van der Waals surface area contributed by atoms with Crippen molar-refractivity contribution in [2.24, 2.45) is 0 Å². The summed E-state index contributed by atoms with van der Waals surface area (Å²) in [4.78, 5) is 42.6. The van der Waals surface area contributed by atoms with Crippen LogP contribution in [0.4, 0.5) is 0 Å². The van der Waals surface area contributed by atoms with E-state index in [2.05, 4.69) is 22.0 Å². The molecule has 142 valence electrons. The topological polar surface area (TPSA) is 78.4 Å². The number of rotatable bonds is 5. The highest BCUT2D eigenvalue weighted by Gasteiger charge is 2.37. The van der Waals surface area contributed by atoms with E-state index < -0.39 is 11.2 Å². The molecule has 0 unspecified atom stereocenters. The Bertz CT molecular complexity index is 917. The highest BCUT2D eigenvalue weighted by atomic mass is 16.2. The van der Waals surface area contributed by atoms with E-state index in [0.717, 1.165) is 18.7 Å². The van der Waals surface area contributed by atoms with Gasteiger partial charge < -0.3 is 9.47 Å². The highest BCUT2D eigenvalue weighted by Crippen LogP contribution is 2.33. The lowest BCUT2D eigenvalue weighted by Crippen LogP contribution is -2.51. The van der Waals surface area contributed by atoms with Crippen LogP contribution in [0, 0.1) is 0 Å². The summed E-state index contributed by atoms with van der Waals surface area (Å²) in [6.07, 6.45) is 4.18. The first-order chi connectivity index (χ1) is 13.1. The average Bonchev–Trinajstić information content (AvgIpc) is 3.53. The first-order valence-corrected chi connectivity index (χ1v) is 9.50. The van der Waals surface area contributed by atoms with E-state index in [9.17, 15) is 14.4 Å². The lowest BCUT2D eigenvalue weighted by molar-refractivity contribution is -0.136. The Kier molecular flexibility index (Phi) is 4.94. The Morgan fingerprint density at radius 2 is 1.85 bits per heavy atom. The van der Waals surface area contributed by atoms with Crippen LogP contribution in [0.3, 0.4) is 0 Å². The number of nitrogens with one attached hydrogen (secondary N) is 1. The molecule has 27 heavy (non-hydrogen) atoms. The first kappa shape index (κ1) is 17.7. The SMILES string of the molecule is O=C(CCn1ccc(=O)[nH]c1=O)N1CCN(C2CC2)C[C@@H]1c1ccccc1. The number of nitrogens with zero attached hydrogens (tertiary/aromatic N) is 3. The van der Waals surface area contributed by atoms with Gasteiger partial charge in [-0.2, -0.15) is 0 Å². The number of H-pyrrole nitrogens is 1. The van der Waals surface area contributed by atoms with Gasteiger partial charge in [-0.1, -0.05) is 30.3 Å². The molecule has 2 aliphatic rings. The maximum Gasteiger partial charge on any atom is 0.328 e. The van der Waals surface area contributed by atoms with Crippen molar-refractivity contribution >= 4 is 5.91 Å². The van der Waals surface area contributed by atoms with E-state index in [0.29, 0.717) is 12.6 Å². The molecule has 4 rings (SSSR count). The van der Waals surface area contributed by atoms with Crippen LogP contribution >= 0.6 is 0 Å². The molecule has 1 atom stereocenters. The lowest BCUT2D eigenvalue weighted by atomic mass is 10.0. The summed E-state index contributed by atoms with van der Waals surface area (Å²) in [5.74, 6) is 0.0393. The number of carbonyl (C=O) groups excluding carboxylic acids is 1. The van der Waals surface area contributed by atoms with Crippen molar-refractivity contribution in [3.8, 4) is 0 Å². The maximum atomic E-state index is 12.9. The molecule has 1 saturated carbocycles. The van der Waals surface area contributed by atoms with Crippen molar-refractivity contribution in [3.05, 3.63) is 69.0 Å². The van der Waals surface area contributed by atoms with Crippen molar-refractivity contribution in [1.82, 2.24) is 19.4 Å². The van der Waals surface area contributed by atoms with Gasteiger partial charge in [0.1, 0.15) is 0 Å². The minimum Gasteiger partial charge on any atom is -0.333 e. The molecule has 0 radical (unpaired) electrons. The number of hydrogen-bond acceptors (Lipinski definition) is 4. The Morgan fingerprint density at radius 3 is 2.56 bits per heavy atom. The number of aromatic nitrogens is 2. The van der Waals surface area contributed by atoms with Crippen molar-refractivity contribution < 1.29 is 4.79 Å². The van der Waals surface area contributed by atoms with Gasteiger partial charge >= 0.3 is 5.69 Å². The molecule has 2 aromatic rings. The van der Waals surface area contributed by atoms with E-state index >= 15 is 0 Å². The Balaban J connectivity index is 1.48. The zero-order valence-corrected chi connectivity index (χ0v) is 15.2. The highest BCUT2D eigenvalue weighted by molar-refractivity contribution is 5.77. The fourth-order valence-electron chi connectivity index (χ4n) is 3.81. The molecule has 2 fully saturated rings. The van der Waals surface area contributed by atoms with Gasteiger partial charge in [0.15, 0.2) is 0 Å². The van der Waals surface area contributed by atoms with Gasteiger partial charge in [-0.3, -0.25) is 19.5 Å². The summed E-state index contributed by atoms with van der Waals surface area (Å²) < 4.78 is 1.37. The minimum atomic E-state index is -0.478. The largest absolute Gasteiger partial charge is 0.333 e. The summed E-state index contributed by atoms with van der Waals surface area (Å²) in [5.41, 5.74) is 0.244. The molecule has 7 heteroatoms. The average molecular weight is 368 g/mol. The van der Waals surface area contributed by atoms with Gasteiger partial charge in [-0.25, -0.2) is 4.79 Å². The van der Waals surface area contributed by atoms with Crippen LogP contribution in [0.25, 0.3) is 0 Å². The first-order valence-electron chi connectivity index (χ1n) is 9.50. The third-order valence-corrected chi connectivity index (χ3v) is 5.44.